The lowest BCUT2D eigenvalue weighted by Crippen LogP contribution is -2.50. The fourth-order valence-electron chi connectivity index (χ4n) is 4.70. The number of hydrogen-bond donors (Lipinski definition) is 3. The van der Waals surface area contributed by atoms with E-state index in [1.165, 1.54) is 11.0 Å². The van der Waals surface area contributed by atoms with E-state index in [9.17, 15) is 22.4 Å². The van der Waals surface area contributed by atoms with Crippen LogP contribution in [0.15, 0.2) is 85.1 Å². The lowest BCUT2D eigenvalue weighted by molar-refractivity contribution is -0.122. The van der Waals surface area contributed by atoms with Gasteiger partial charge in [0.2, 0.25) is 0 Å². The summed E-state index contributed by atoms with van der Waals surface area (Å²) in [4.78, 5) is 35.9. The summed E-state index contributed by atoms with van der Waals surface area (Å²) in [5, 5.41) is 4.72. The van der Waals surface area contributed by atoms with Crippen molar-refractivity contribution >= 4 is 55.1 Å². The number of amides is 2. The van der Waals surface area contributed by atoms with Gasteiger partial charge in [-0.25, -0.2) is 9.37 Å². The topological polar surface area (TPSA) is 132 Å². The van der Waals surface area contributed by atoms with Crippen molar-refractivity contribution in [3.8, 4) is 0 Å². The van der Waals surface area contributed by atoms with Gasteiger partial charge in [-0.3, -0.25) is 19.0 Å². The van der Waals surface area contributed by atoms with Crippen molar-refractivity contribution < 1.29 is 27.0 Å². The van der Waals surface area contributed by atoms with Gasteiger partial charge in [-0.05, 0) is 37.3 Å². The van der Waals surface area contributed by atoms with E-state index in [1.807, 2.05) is 24.3 Å². The molecule has 1 aliphatic heterocycles. The first-order valence-corrected chi connectivity index (χ1v) is 13.6. The molecule has 0 bridgehead atoms. The maximum absolute atomic E-state index is 14.6. The summed E-state index contributed by atoms with van der Waals surface area (Å²) in [5.74, 6) is -1.46. The number of nitrogens with zero attached hydrogens (tertiary/aromatic N) is 2. The van der Waals surface area contributed by atoms with E-state index in [1.54, 1.807) is 61.7 Å². The van der Waals surface area contributed by atoms with Crippen LogP contribution in [0.4, 0.5) is 15.8 Å². The van der Waals surface area contributed by atoms with Gasteiger partial charge in [0.25, 0.3) is 21.9 Å². The highest BCUT2D eigenvalue weighted by atomic mass is 32.2. The maximum atomic E-state index is 14.6. The number of carbonyl (C=O) groups excluding carboxylic acids is 2. The van der Waals surface area contributed by atoms with Crippen molar-refractivity contribution in [3.05, 3.63) is 102 Å². The molecule has 0 saturated heterocycles. The van der Waals surface area contributed by atoms with Crippen molar-refractivity contribution in [1.29, 1.82) is 0 Å². The molecule has 0 fully saturated rings. The number of hydrogen-bond acceptors (Lipinski definition) is 5. The quantitative estimate of drug-likeness (QED) is 0.282. The third-order valence-electron chi connectivity index (χ3n) is 6.39. The van der Waals surface area contributed by atoms with Crippen LogP contribution in [0.25, 0.3) is 21.8 Å². The number of para-hydroxylation sites is 3. The number of nitrogens with one attached hydrogen (secondary N) is 2. The van der Waals surface area contributed by atoms with E-state index in [0.29, 0.717) is 17.5 Å². The Labute approximate surface area is 223 Å². The lowest BCUT2D eigenvalue weighted by Gasteiger charge is -2.26. The molecule has 9 nitrogen and oxygen atoms in total. The second-order valence-electron chi connectivity index (χ2n) is 9.21. The van der Waals surface area contributed by atoms with Crippen LogP contribution in [0.1, 0.15) is 23.0 Å². The first-order chi connectivity index (χ1) is 18.5. The largest absolute Gasteiger partial charge is 0.353 e. The average Bonchev–Trinajstić information content (AvgIpc) is 3.36. The summed E-state index contributed by atoms with van der Waals surface area (Å²) >= 11 is 0. The number of rotatable bonds is 3. The Morgan fingerprint density at radius 2 is 1.59 bits per heavy atom. The minimum absolute atomic E-state index is 0.135. The van der Waals surface area contributed by atoms with E-state index in [-0.39, 0.29) is 11.4 Å². The van der Waals surface area contributed by atoms with Gasteiger partial charge in [0.05, 0.1) is 29.3 Å². The molecule has 39 heavy (non-hydrogen) atoms. The minimum Gasteiger partial charge on any atom is -0.353 e. The van der Waals surface area contributed by atoms with Gasteiger partial charge in [0.1, 0.15) is 17.1 Å². The Kier molecular flexibility index (Phi) is 6.41. The number of anilines is 2. The molecule has 3 aromatic carbocycles. The van der Waals surface area contributed by atoms with E-state index in [0.717, 1.165) is 21.8 Å². The fourth-order valence-corrected chi connectivity index (χ4v) is 4.70. The first-order valence-electron chi connectivity index (χ1n) is 11.8. The summed E-state index contributed by atoms with van der Waals surface area (Å²) in [5.41, 5.74) is 1.81. The third kappa shape index (κ3) is 4.85. The molecule has 5 aromatic rings. The van der Waals surface area contributed by atoms with Crippen LogP contribution < -0.4 is 10.2 Å². The standard InChI is InChI=1S/C27H19FN4O2.CH4O3S/c1-27(18-9-3-6-12-23(18)32(26(27)34)24-13-7-4-10-19(24)28)31-25(33)21-14-17-16-8-2-5-11-20(16)30-22(17)15-29-21;1-5(2,3)4/h2-15,30H,1H3,(H,31,33);1H3,(H,2,3,4)/t27-;/m0./s1. The highest BCUT2D eigenvalue weighted by Gasteiger charge is 2.49. The number of halogens is 1. The third-order valence-corrected chi connectivity index (χ3v) is 6.39. The molecule has 2 amide bonds. The Morgan fingerprint density at radius 3 is 2.31 bits per heavy atom. The van der Waals surface area contributed by atoms with Crippen molar-refractivity contribution in [3.63, 3.8) is 0 Å². The predicted octanol–water partition coefficient (Wildman–Crippen LogP) is 4.68. The number of fused-ring (bicyclic) bond motifs is 4. The van der Waals surface area contributed by atoms with Crippen LogP contribution in [0, 0.1) is 5.82 Å². The number of aromatic nitrogens is 2. The normalized spacial score (nSPS) is 16.6. The molecule has 6 rings (SSSR count). The van der Waals surface area contributed by atoms with Gasteiger partial charge in [0, 0.05) is 21.9 Å². The summed E-state index contributed by atoms with van der Waals surface area (Å²) in [6.45, 7) is 1.64. The zero-order valence-electron chi connectivity index (χ0n) is 20.8. The molecule has 3 heterocycles. The van der Waals surface area contributed by atoms with Crippen molar-refractivity contribution in [2.75, 3.05) is 11.2 Å². The smallest absolute Gasteiger partial charge is 0.271 e. The zero-order chi connectivity index (χ0) is 27.9. The summed E-state index contributed by atoms with van der Waals surface area (Å²) in [7, 11) is -3.67. The predicted molar refractivity (Wildman–Crippen MR) is 146 cm³/mol. The van der Waals surface area contributed by atoms with Crippen LogP contribution >= 0.6 is 0 Å². The molecule has 0 saturated carbocycles. The Morgan fingerprint density at radius 1 is 0.974 bits per heavy atom. The number of pyridine rings is 1. The molecular weight excluding hydrogens is 523 g/mol. The van der Waals surface area contributed by atoms with E-state index in [2.05, 4.69) is 15.3 Å². The average molecular weight is 547 g/mol. The van der Waals surface area contributed by atoms with Crippen LogP contribution in [0.5, 0.6) is 0 Å². The molecule has 3 N–H and O–H groups in total. The van der Waals surface area contributed by atoms with Crippen LogP contribution in [-0.2, 0) is 20.5 Å². The van der Waals surface area contributed by atoms with Crippen LogP contribution in [0.3, 0.4) is 0 Å². The van der Waals surface area contributed by atoms with Gasteiger partial charge in [-0.1, -0.05) is 48.5 Å². The summed E-state index contributed by atoms with van der Waals surface area (Å²) < 4.78 is 40.5. The fraction of sp³-hybridized carbons (Fsp3) is 0.107. The van der Waals surface area contributed by atoms with E-state index in [4.69, 9.17) is 4.55 Å². The number of benzene rings is 3. The van der Waals surface area contributed by atoms with Gasteiger partial charge >= 0.3 is 0 Å². The van der Waals surface area contributed by atoms with Crippen LogP contribution in [0.2, 0.25) is 0 Å². The van der Waals surface area contributed by atoms with Crippen molar-refractivity contribution in [1.82, 2.24) is 15.3 Å². The molecular formula is C28H23FN4O5S. The summed E-state index contributed by atoms with van der Waals surface area (Å²) in [6, 6.07) is 22.7. The highest BCUT2D eigenvalue weighted by Crippen LogP contribution is 2.44. The number of carbonyl (C=O) groups is 2. The first kappa shape index (κ1) is 26.0. The van der Waals surface area contributed by atoms with Gasteiger partial charge < -0.3 is 10.3 Å². The monoisotopic (exact) mass is 546 g/mol. The Balaban J connectivity index is 0.000000567. The van der Waals surface area contributed by atoms with Gasteiger partial charge in [-0.2, -0.15) is 8.42 Å². The van der Waals surface area contributed by atoms with Gasteiger partial charge in [0.15, 0.2) is 0 Å². The zero-order valence-corrected chi connectivity index (χ0v) is 21.7. The molecule has 0 spiro atoms. The molecule has 2 aromatic heterocycles. The second-order valence-corrected chi connectivity index (χ2v) is 10.7. The Hall–Kier alpha value is -4.61. The number of aromatic amines is 1. The SMILES string of the molecule is CS(=O)(=O)O.C[C@@]1(NC(=O)c2cc3c(cn2)[nH]c2ccccc23)C(=O)N(c2ccccc2F)c2ccccc21. The number of H-pyrrole nitrogens is 1. The lowest BCUT2D eigenvalue weighted by atomic mass is 9.93. The second kappa shape index (κ2) is 9.61. The summed E-state index contributed by atoms with van der Waals surface area (Å²) in [6.07, 6.45) is 2.33. The minimum atomic E-state index is -3.67. The highest BCUT2D eigenvalue weighted by molar-refractivity contribution is 7.85. The van der Waals surface area contributed by atoms with Crippen LogP contribution in [-0.4, -0.2) is 41.0 Å². The molecule has 11 heteroatoms. The molecule has 1 aliphatic rings. The molecule has 1 atom stereocenters. The van der Waals surface area contributed by atoms with Gasteiger partial charge in [-0.15, -0.1) is 0 Å². The maximum Gasteiger partial charge on any atom is 0.271 e. The molecule has 0 aliphatic carbocycles. The molecule has 198 valence electrons. The molecule has 0 unspecified atom stereocenters. The Bertz CT molecular complexity index is 1860. The molecule has 0 radical (unpaired) electrons. The van der Waals surface area contributed by atoms with E-state index >= 15 is 0 Å². The van der Waals surface area contributed by atoms with Crippen molar-refractivity contribution in [2.24, 2.45) is 0 Å². The van der Waals surface area contributed by atoms with Crippen molar-refractivity contribution in [2.45, 2.75) is 12.5 Å². The van der Waals surface area contributed by atoms with E-state index < -0.39 is 33.3 Å².